The molecular formula is C22H14F6N5O+. The van der Waals surface area contributed by atoms with Crippen molar-refractivity contribution in [2.24, 2.45) is 0 Å². The van der Waals surface area contributed by atoms with Gasteiger partial charge in [0.1, 0.15) is 11.3 Å². The van der Waals surface area contributed by atoms with Gasteiger partial charge >= 0.3 is 12.4 Å². The lowest BCUT2D eigenvalue weighted by atomic mass is 10.1. The van der Waals surface area contributed by atoms with Crippen LogP contribution >= 0.6 is 0 Å². The van der Waals surface area contributed by atoms with E-state index in [9.17, 15) is 31.1 Å². The van der Waals surface area contributed by atoms with E-state index in [1.165, 1.54) is 18.6 Å². The van der Waals surface area contributed by atoms with E-state index >= 15 is 0 Å². The number of H-pyrrole nitrogens is 1. The van der Waals surface area contributed by atoms with Crippen LogP contribution < -0.4 is 10.00 Å². The molecule has 0 atom stereocenters. The van der Waals surface area contributed by atoms with Crippen molar-refractivity contribution in [1.29, 1.82) is 0 Å². The highest BCUT2D eigenvalue weighted by Gasteiger charge is 2.41. The zero-order chi connectivity index (χ0) is 24.5. The van der Waals surface area contributed by atoms with Gasteiger partial charge in [-0.2, -0.15) is 31.4 Å². The van der Waals surface area contributed by atoms with Crippen LogP contribution in [0.25, 0.3) is 16.9 Å². The monoisotopic (exact) mass is 478 g/mol. The van der Waals surface area contributed by atoms with Crippen LogP contribution in [0.3, 0.4) is 0 Å². The minimum atomic E-state index is -5.05. The first kappa shape index (κ1) is 23.0. The maximum atomic E-state index is 13.4. The fourth-order valence-corrected chi connectivity index (χ4v) is 3.15. The van der Waals surface area contributed by atoms with E-state index in [0.717, 1.165) is 10.9 Å². The zero-order valence-corrected chi connectivity index (χ0v) is 16.9. The van der Waals surface area contributed by atoms with Crippen molar-refractivity contribution in [3.05, 3.63) is 90.1 Å². The van der Waals surface area contributed by atoms with Gasteiger partial charge in [-0.15, -0.1) is 0 Å². The third-order valence-electron chi connectivity index (χ3n) is 4.74. The van der Waals surface area contributed by atoms with Crippen molar-refractivity contribution in [3.8, 4) is 16.9 Å². The van der Waals surface area contributed by atoms with Crippen molar-refractivity contribution in [2.45, 2.75) is 12.4 Å². The number of benzene rings is 1. The van der Waals surface area contributed by atoms with E-state index in [1.54, 1.807) is 30.5 Å². The number of alkyl halides is 6. The molecule has 0 bridgehead atoms. The van der Waals surface area contributed by atoms with Gasteiger partial charge in [0.2, 0.25) is 11.9 Å². The number of carbonyl (C=O) groups is 1. The first-order valence-corrected chi connectivity index (χ1v) is 9.59. The first-order chi connectivity index (χ1) is 16.0. The van der Waals surface area contributed by atoms with Crippen molar-refractivity contribution in [2.75, 3.05) is 5.32 Å². The molecule has 34 heavy (non-hydrogen) atoms. The topological polar surface area (TPSA) is 74.6 Å². The lowest BCUT2D eigenvalue weighted by molar-refractivity contribution is -0.656. The van der Waals surface area contributed by atoms with E-state index in [0.29, 0.717) is 23.4 Å². The lowest BCUT2D eigenvalue weighted by Gasteiger charge is -2.11. The molecular weight excluding hydrogens is 464 g/mol. The average Bonchev–Trinajstić information content (AvgIpc) is 3.26. The summed E-state index contributed by atoms with van der Waals surface area (Å²) < 4.78 is 79.9. The summed E-state index contributed by atoms with van der Waals surface area (Å²) in [5.41, 5.74) is -2.06. The van der Waals surface area contributed by atoms with Crippen molar-refractivity contribution < 1.29 is 35.8 Å². The Morgan fingerprint density at radius 2 is 1.76 bits per heavy atom. The van der Waals surface area contributed by atoms with E-state index < -0.39 is 35.1 Å². The van der Waals surface area contributed by atoms with Gasteiger partial charge < -0.3 is 5.32 Å². The third kappa shape index (κ3) is 4.90. The van der Waals surface area contributed by atoms with Gasteiger partial charge in [0.15, 0.2) is 0 Å². The molecule has 0 spiro atoms. The molecule has 0 aliphatic carbocycles. The molecule has 0 fully saturated rings. The van der Waals surface area contributed by atoms with E-state index in [-0.39, 0.29) is 17.3 Å². The Bertz CT molecular complexity index is 1330. The van der Waals surface area contributed by atoms with Gasteiger partial charge in [0.25, 0.3) is 5.91 Å². The summed E-state index contributed by atoms with van der Waals surface area (Å²) >= 11 is 0. The number of halogens is 6. The maximum Gasteiger partial charge on any atom is 0.422 e. The van der Waals surface area contributed by atoms with Crippen LogP contribution in [-0.2, 0) is 12.4 Å². The molecule has 0 aliphatic rings. The van der Waals surface area contributed by atoms with Gasteiger partial charge in [-0.3, -0.25) is 14.8 Å². The fourth-order valence-electron chi connectivity index (χ4n) is 3.15. The summed E-state index contributed by atoms with van der Waals surface area (Å²) in [5.74, 6) is -0.597. The first-order valence-electron chi connectivity index (χ1n) is 9.59. The number of amides is 1. The van der Waals surface area contributed by atoms with Gasteiger partial charge in [-0.05, 0) is 30.3 Å². The molecule has 3 aromatic heterocycles. The molecule has 12 heteroatoms. The fraction of sp³-hybridized carbons (Fsp3) is 0.0909. The maximum absolute atomic E-state index is 13.4. The van der Waals surface area contributed by atoms with Crippen molar-refractivity contribution in [3.63, 3.8) is 0 Å². The van der Waals surface area contributed by atoms with Gasteiger partial charge in [0.05, 0.1) is 23.0 Å². The predicted octanol–water partition coefficient (Wildman–Crippen LogP) is 5.04. The highest BCUT2D eigenvalue weighted by atomic mass is 19.4. The molecule has 4 aromatic rings. The van der Waals surface area contributed by atoms with Gasteiger partial charge in [0, 0.05) is 30.2 Å². The second-order valence-corrected chi connectivity index (χ2v) is 7.09. The molecule has 1 amide bonds. The van der Waals surface area contributed by atoms with Crippen LogP contribution in [0.4, 0.5) is 32.0 Å². The number of hydrogen-bond acceptors (Lipinski definition) is 3. The van der Waals surface area contributed by atoms with Crippen LogP contribution in [-0.4, -0.2) is 21.0 Å². The Morgan fingerprint density at radius 1 is 0.971 bits per heavy atom. The smallest absolute Gasteiger partial charge is 0.315 e. The predicted molar refractivity (Wildman–Crippen MR) is 108 cm³/mol. The number of hydrogen-bond donors (Lipinski definition) is 2. The molecule has 0 saturated carbocycles. The summed E-state index contributed by atoms with van der Waals surface area (Å²) in [7, 11) is 0. The molecule has 1 aromatic carbocycles. The number of rotatable bonds is 4. The van der Waals surface area contributed by atoms with E-state index in [2.05, 4.69) is 20.4 Å². The van der Waals surface area contributed by atoms with Crippen LogP contribution in [0.5, 0.6) is 0 Å². The Morgan fingerprint density at radius 3 is 2.44 bits per heavy atom. The quantitative estimate of drug-likeness (QED) is 0.319. The van der Waals surface area contributed by atoms with Gasteiger partial charge in [-0.25, -0.2) is 0 Å². The van der Waals surface area contributed by atoms with Gasteiger partial charge in [-0.1, -0.05) is 10.7 Å². The largest absolute Gasteiger partial charge is 0.422 e. The molecule has 0 aliphatic heterocycles. The average molecular weight is 478 g/mol. The second-order valence-electron chi connectivity index (χ2n) is 7.09. The summed E-state index contributed by atoms with van der Waals surface area (Å²) in [6.45, 7) is 0. The van der Waals surface area contributed by atoms with Crippen LogP contribution in [0.2, 0.25) is 0 Å². The standard InChI is InChI=1S/C22H13F6N5O/c23-21(24,25)15-4-5-19(17(8-15)22(26,27)28)33-12-16(11-31-33)32-20(34)14-7-13(9-29-10-14)18-3-1-2-6-30-18/h1-12H,(H,32,34)/p+1. The van der Waals surface area contributed by atoms with Crippen molar-refractivity contribution in [1.82, 2.24) is 15.1 Å². The number of aromatic amines is 1. The molecule has 3 heterocycles. The molecule has 0 radical (unpaired) electrons. The molecule has 2 N–H and O–H groups in total. The lowest BCUT2D eigenvalue weighted by Crippen LogP contribution is -2.35. The number of nitrogens with one attached hydrogen (secondary N) is 2. The van der Waals surface area contributed by atoms with Crippen LogP contribution in [0, 0.1) is 0 Å². The number of carbonyl (C=O) groups excluding carboxylic acids is 1. The Hall–Kier alpha value is -4.22. The Balaban J connectivity index is 1.60. The SMILES string of the molecule is O=C(Nc1c[nH][n+](-c2ccc(C(F)(F)F)cc2C(F)(F)F)c1)c1cncc(-c2ccccn2)c1. The number of pyridine rings is 2. The highest BCUT2D eigenvalue weighted by Crippen LogP contribution is 2.37. The second kappa shape index (κ2) is 8.61. The minimum absolute atomic E-state index is 0.0379. The zero-order valence-electron chi connectivity index (χ0n) is 16.9. The molecule has 4 rings (SSSR count). The van der Waals surface area contributed by atoms with Crippen LogP contribution in [0.15, 0.2) is 73.4 Å². The third-order valence-corrected chi connectivity index (χ3v) is 4.74. The number of nitrogens with zero attached hydrogens (tertiary/aromatic N) is 3. The molecule has 6 nitrogen and oxygen atoms in total. The minimum Gasteiger partial charge on any atom is -0.315 e. The Kier molecular flexibility index (Phi) is 5.82. The number of aromatic nitrogens is 4. The normalized spacial score (nSPS) is 11.9. The molecule has 0 unspecified atom stereocenters. The summed E-state index contributed by atoms with van der Waals surface area (Å²) in [6.07, 6.45) is -3.26. The van der Waals surface area contributed by atoms with E-state index in [4.69, 9.17) is 0 Å². The summed E-state index contributed by atoms with van der Waals surface area (Å²) in [4.78, 5) is 20.8. The van der Waals surface area contributed by atoms with E-state index in [1.807, 2.05) is 0 Å². The summed E-state index contributed by atoms with van der Waals surface area (Å²) in [6, 6.07) is 8.06. The van der Waals surface area contributed by atoms with Crippen molar-refractivity contribution >= 4 is 11.6 Å². The van der Waals surface area contributed by atoms with Crippen LogP contribution in [0.1, 0.15) is 21.5 Å². The summed E-state index contributed by atoms with van der Waals surface area (Å²) in [5, 5.41) is 4.99. The number of anilines is 1. The Labute approximate surface area is 187 Å². The molecule has 174 valence electrons. The highest BCUT2D eigenvalue weighted by molar-refractivity contribution is 6.04. The molecule has 0 saturated heterocycles.